The molecule has 0 aliphatic heterocycles. The molecule has 0 saturated heterocycles. The Kier molecular flexibility index (Phi) is 6.68. The minimum atomic E-state index is -5.94. The van der Waals surface area contributed by atoms with E-state index in [-0.39, 0.29) is 5.75 Å². The SMILES string of the molecule is C[Si](C)(C)c1cc2c(-c3ccccc3)c3c4cccc5ccc6cccc(c3c(-c3ccccc3)c2cc1OS(=O)(=O)C(F)(F)F)c6c54. The molecule has 0 bridgehead atoms. The van der Waals surface area contributed by atoms with Crippen molar-refractivity contribution < 1.29 is 25.8 Å². The van der Waals surface area contributed by atoms with Gasteiger partial charge < -0.3 is 4.18 Å². The van der Waals surface area contributed by atoms with Gasteiger partial charge in [0.2, 0.25) is 0 Å². The molecule has 3 nitrogen and oxygen atoms in total. The number of halogens is 3. The van der Waals surface area contributed by atoms with Crippen molar-refractivity contribution in [3.05, 3.63) is 121 Å². The lowest BCUT2D eigenvalue weighted by atomic mass is 9.80. The summed E-state index contributed by atoms with van der Waals surface area (Å²) in [5, 5.41) is 10.4. The van der Waals surface area contributed by atoms with Gasteiger partial charge in [-0.2, -0.15) is 21.6 Å². The van der Waals surface area contributed by atoms with Gasteiger partial charge in [0.05, 0.1) is 8.07 Å². The molecule has 0 N–H and O–H groups in total. The highest BCUT2D eigenvalue weighted by Gasteiger charge is 2.49. The fourth-order valence-corrected chi connectivity index (χ4v) is 9.24. The van der Waals surface area contributed by atoms with Crippen LogP contribution in [-0.2, 0) is 10.1 Å². The van der Waals surface area contributed by atoms with Crippen LogP contribution >= 0.6 is 0 Å². The van der Waals surface area contributed by atoms with Crippen LogP contribution in [0.5, 0.6) is 5.75 Å². The molecule has 0 spiro atoms. The van der Waals surface area contributed by atoms with E-state index in [0.29, 0.717) is 10.6 Å². The van der Waals surface area contributed by atoms with Gasteiger partial charge in [-0.3, -0.25) is 0 Å². The van der Waals surface area contributed by atoms with E-state index in [1.165, 1.54) is 6.07 Å². The smallest absolute Gasteiger partial charge is 0.376 e. The van der Waals surface area contributed by atoms with E-state index in [1.54, 1.807) is 0 Å². The quantitative estimate of drug-likeness (QED) is 0.0600. The fourth-order valence-electron chi connectivity index (χ4n) is 7.25. The number of hydrogen-bond acceptors (Lipinski definition) is 3. The largest absolute Gasteiger partial charge is 0.534 e. The van der Waals surface area contributed by atoms with Crippen molar-refractivity contribution in [2.45, 2.75) is 25.1 Å². The van der Waals surface area contributed by atoms with E-state index < -0.39 is 23.7 Å². The lowest BCUT2D eigenvalue weighted by Crippen LogP contribution is -2.40. The topological polar surface area (TPSA) is 43.4 Å². The zero-order valence-corrected chi connectivity index (χ0v) is 28.1. The maximum Gasteiger partial charge on any atom is 0.534 e. The van der Waals surface area contributed by atoms with Gasteiger partial charge >= 0.3 is 15.6 Å². The van der Waals surface area contributed by atoms with Gasteiger partial charge in [0.25, 0.3) is 0 Å². The molecule has 0 radical (unpaired) electrons. The zero-order valence-electron chi connectivity index (χ0n) is 26.3. The lowest BCUT2D eigenvalue weighted by Gasteiger charge is -2.26. The van der Waals surface area contributed by atoms with Crippen molar-refractivity contribution in [2.75, 3.05) is 0 Å². The summed E-state index contributed by atoms with van der Waals surface area (Å²) in [4.78, 5) is 0. The van der Waals surface area contributed by atoms with Crippen molar-refractivity contribution >= 4 is 77.2 Å². The van der Waals surface area contributed by atoms with Crippen LogP contribution in [0.4, 0.5) is 13.2 Å². The van der Waals surface area contributed by atoms with Crippen LogP contribution in [0, 0.1) is 0 Å². The minimum absolute atomic E-state index is 0.286. The zero-order chi connectivity index (χ0) is 33.6. The highest BCUT2D eigenvalue weighted by atomic mass is 32.2. The number of benzene rings is 8. The summed E-state index contributed by atoms with van der Waals surface area (Å²) in [5.41, 5.74) is -2.05. The van der Waals surface area contributed by atoms with Gasteiger partial charge in [-0.15, -0.1) is 0 Å². The van der Waals surface area contributed by atoms with Crippen molar-refractivity contribution in [1.29, 1.82) is 0 Å². The summed E-state index contributed by atoms with van der Waals surface area (Å²) in [5.74, 6) is -0.286. The van der Waals surface area contributed by atoms with E-state index in [2.05, 4.69) is 42.5 Å². The summed E-state index contributed by atoms with van der Waals surface area (Å²) in [6.45, 7) is 5.91. The van der Waals surface area contributed by atoms with Crippen LogP contribution in [0.25, 0.3) is 76.1 Å². The molecule has 0 aromatic heterocycles. The van der Waals surface area contributed by atoms with Crippen LogP contribution in [0.1, 0.15) is 0 Å². The Bertz CT molecular complexity index is 2670. The minimum Gasteiger partial charge on any atom is -0.376 e. The third-order valence-corrected chi connectivity index (χ3v) is 12.2. The molecule has 0 amide bonds. The second kappa shape index (κ2) is 10.5. The van der Waals surface area contributed by atoms with E-state index >= 15 is 0 Å². The molecule has 0 heterocycles. The normalized spacial score (nSPS) is 13.0. The first-order valence-electron chi connectivity index (χ1n) is 15.6. The van der Waals surface area contributed by atoms with Crippen LogP contribution in [0.2, 0.25) is 19.6 Å². The molecule has 48 heavy (non-hydrogen) atoms. The second-order valence-electron chi connectivity index (χ2n) is 13.2. The number of alkyl halides is 3. The second-order valence-corrected chi connectivity index (χ2v) is 19.8. The predicted octanol–water partition coefficient (Wildman–Crippen LogP) is 11.0. The molecule has 8 heteroatoms. The van der Waals surface area contributed by atoms with Crippen molar-refractivity contribution in [3.63, 3.8) is 0 Å². The van der Waals surface area contributed by atoms with Gasteiger partial charge in [-0.1, -0.05) is 135 Å². The van der Waals surface area contributed by atoms with Crippen LogP contribution in [0.3, 0.4) is 0 Å². The van der Waals surface area contributed by atoms with Crippen LogP contribution in [-0.4, -0.2) is 22.0 Å². The van der Waals surface area contributed by atoms with Crippen LogP contribution < -0.4 is 9.37 Å². The Morgan fingerprint density at radius 2 is 1.00 bits per heavy atom. The maximum absolute atomic E-state index is 13.8. The summed E-state index contributed by atoms with van der Waals surface area (Å²) >= 11 is 0. The molecule has 8 aromatic rings. The molecule has 0 atom stereocenters. The molecule has 0 unspecified atom stereocenters. The molecule has 8 aromatic carbocycles. The number of hydrogen-bond donors (Lipinski definition) is 0. The van der Waals surface area contributed by atoms with Gasteiger partial charge in [0.1, 0.15) is 5.75 Å². The molecular formula is C40H29F3O3SSi. The standard InChI is InChI=1S/C40H29F3O3SSi/c1-48(2,3)33-23-31-30(22-32(33)46-47(44,45)40(41,42)43)36(24-12-6-4-7-13-24)38-28-18-10-16-26-20-21-27-17-11-19-29(35(27)34(26)28)39(38)37(31)25-14-8-5-9-15-25/h4-23H,1-3H3. The average Bonchev–Trinajstić information content (AvgIpc) is 3.06. The Balaban J connectivity index is 1.71. The van der Waals surface area contributed by atoms with Gasteiger partial charge in [-0.25, -0.2) is 0 Å². The maximum atomic E-state index is 13.8. The lowest BCUT2D eigenvalue weighted by molar-refractivity contribution is -0.0499. The molecule has 8 rings (SSSR count). The highest BCUT2D eigenvalue weighted by Crippen LogP contribution is 2.51. The summed E-state index contributed by atoms with van der Waals surface area (Å²) in [7, 11) is -8.45. The van der Waals surface area contributed by atoms with Crippen molar-refractivity contribution in [3.8, 4) is 28.0 Å². The number of fused-ring (bicyclic) bond motifs is 4. The molecule has 0 saturated carbocycles. The van der Waals surface area contributed by atoms with E-state index in [4.69, 9.17) is 4.18 Å². The van der Waals surface area contributed by atoms with Gasteiger partial charge in [0.15, 0.2) is 0 Å². The summed E-state index contributed by atoms with van der Waals surface area (Å²) in [6.07, 6.45) is 0. The average molecular weight is 675 g/mol. The molecular weight excluding hydrogens is 646 g/mol. The van der Waals surface area contributed by atoms with E-state index in [1.807, 2.05) is 92.4 Å². The van der Waals surface area contributed by atoms with Gasteiger partial charge in [-0.05, 0) is 87.4 Å². The summed E-state index contributed by atoms with van der Waals surface area (Å²) in [6, 6.07) is 40.0. The monoisotopic (exact) mass is 674 g/mol. The Hall–Kier alpha value is -4.92. The van der Waals surface area contributed by atoms with Crippen molar-refractivity contribution in [1.82, 2.24) is 0 Å². The third-order valence-electron chi connectivity index (χ3n) is 9.25. The molecule has 0 aliphatic carbocycles. The first-order valence-corrected chi connectivity index (χ1v) is 20.5. The van der Waals surface area contributed by atoms with Crippen molar-refractivity contribution in [2.24, 2.45) is 0 Å². The Morgan fingerprint density at radius 1 is 0.542 bits per heavy atom. The molecule has 238 valence electrons. The Morgan fingerprint density at radius 3 is 1.44 bits per heavy atom. The van der Waals surface area contributed by atoms with E-state index in [9.17, 15) is 21.6 Å². The summed E-state index contributed by atoms with van der Waals surface area (Å²) < 4.78 is 71.5. The predicted molar refractivity (Wildman–Crippen MR) is 195 cm³/mol. The third kappa shape index (κ3) is 4.58. The first kappa shape index (κ1) is 30.4. The molecule has 0 fully saturated rings. The Labute approximate surface area is 276 Å². The van der Waals surface area contributed by atoms with Gasteiger partial charge in [0, 0.05) is 0 Å². The van der Waals surface area contributed by atoms with Crippen LogP contribution in [0.15, 0.2) is 121 Å². The first-order chi connectivity index (χ1) is 22.8. The highest BCUT2D eigenvalue weighted by molar-refractivity contribution is 7.88. The number of rotatable bonds is 5. The fraction of sp³-hybridized carbons (Fsp3) is 0.100. The molecule has 0 aliphatic rings. The van der Waals surface area contributed by atoms with E-state index in [0.717, 1.165) is 70.7 Å².